The maximum atomic E-state index is 13.6. The number of para-hydroxylation sites is 1. The lowest BCUT2D eigenvalue weighted by molar-refractivity contribution is -0.136. The van der Waals surface area contributed by atoms with Crippen LogP contribution in [0.25, 0.3) is 0 Å². The first-order valence-corrected chi connectivity index (χ1v) is 8.35. The molecule has 1 unspecified atom stereocenters. The van der Waals surface area contributed by atoms with Crippen LogP contribution in [0.2, 0.25) is 0 Å². The summed E-state index contributed by atoms with van der Waals surface area (Å²) < 4.78 is 20.8. The van der Waals surface area contributed by atoms with Gasteiger partial charge in [-0.15, -0.1) is 0 Å². The van der Waals surface area contributed by atoms with E-state index in [2.05, 4.69) is 15.7 Å². The number of carbonyl (C=O) groups is 2. The second-order valence-electron chi connectivity index (χ2n) is 6.05. The lowest BCUT2D eigenvalue weighted by atomic mass is 10.2. The minimum Gasteiger partial charge on any atom is -0.467 e. The van der Waals surface area contributed by atoms with Gasteiger partial charge in [0.1, 0.15) is 17.6 Å². The molecule has 1 atom stereocenters. The Labute approximate surface area is 155 Å². The molecule has 0 radical (unpaired) electrons. The van der Waals surface area contributed by atoms with Crippen LogP contribution in [-0.2, 0) is 9.59 Å². The molecule has 140 valence electrons. The van der Waals surface area contributed by atoms with E-state index in [1.54, 1.807) is 22.9 Å². The van der Waals surface area contributed by atoms with Crippen molar-refractivity contribution >= 4 is 17.5 Å². The number of nitrogens with one attached hydrogen (secondary N) is 2. The Morgan fingerprint density at radius 1 is 1.19 bits per heavy atom. The Morgan fingerprint density at radius 2 is 1.96 bits per heavy atom. The topological polar surface area (TPSA) is 89.2 Å². The molecule has 0 fully saturated rings. The van der Waals surface area contributed by atoms with E-state index in [0.717, 1.165) is 11.4 Å². The molecule has 2 aromatic heterocycles. The fourth-order valence-electron chi connectivity index (χ4n) is 2.76. The number of hydrogen-bond donors (Lipinski definition) is 2. The van der Waals surface area contributed by atoms with Gasteiger partial charge in [-0.3, -0.25) is 14.3 Å². The zero-order chi connectivity index (χ0) is 19.4. The standard InChI is InChI=1S/C19H19FN4O3/c1-12-10-13(2)24(23-12)16(17-8-5-9-27-17)11-21-18(25)19(26)22-15-7-4-3-6-14(15)20/h3-10,16H,11H2,1-2H3,(H,21,25)(H,22,26). The number of furan rings is 1. The second kappa shape index (κ2) is 7.86. The Balaban J connectivity index is 1.70. The second-order valence-corrected chi connectivity index (χ2v) is 6.05. The molecule has 8 heteroatoms. The average molecular weight is 370 g/mol. The van der Waals surface area contributed by atoms with Gasteiger partial charge in [-0.1, -0.05) is 12.1 Å². The highest BCUT2D eigenvalue weighted by Gasteiger charge is 2.23. The Bertz CT molecular complexity index is 950. The molecule has 0 saturated carbocycles. The number of hydrogen-bond acceptors (Lipinski definition) is 4. The van der Waals surface area contributed by atoms with Gasteiger partial charge >= 0.3 is 11.8 Å². The highest BCUT2D eigenvalue weighted by molar-refractivity contribution is 6.39. The summed E-state index contributed by atoms with van der Waals surface area (Å²) in [5.74, 6) is -1.85. The molecule has 2 N–H and O–H groups in total. The van der Waals surface area contributed by atoms with Gasteiger partial charge in [0.15, 0.2) is 0 Å². The van der Waals surface area contributed by atoms with Gasteiger partial charge < -0.3 is 15.1 Å². The lowest BCUT2D eigenvalue weighted by Gasteiger charge is -2.18. The molecule has 2 amide bonds. The first-order valence-electron chi connectivity index (χ1n) is 8.35. The van der Waals surface area contributed by atoms with Crippen molar-refractivity contribution in [2.75, 3.05) is 11.9 Å². The van der Waals surface area contributed by atoms with Gasteiger partial charge in [0.25, 0.3) is 0 Å². The van der Waals surface area contributed by atoms with Crippen molar-refractivity contribution in [2.45, 2.75) is 19.9 Å². The third-order valence-electron chi connectivity index (χ3n) is 4.00. The van der Waals surface area contributed by atoms with Gasteiger partial charge in [-0.2, -0.15) is 5.10 Å². The van der Waals surface area contributed by atoms with Crippen LogP contribution in [0.15, 0.2) is 53.1 Å². The highest BCUT2D eigenvalue weighted by atomic mass is 19.1. The maximum Gasteiger partial charge on any atom is 0.313 e. The molecular weight excluding hydrogens is 351 g/mol. The molecule has 0 saturated heterocycles. The molecular formula is C19H19FN4O3. The van der Waals surface area contributed by atoms with E-state index in [4.69, 9.17) is 4.42 Å². The number of benzene rings is 1. The van der Waals surface area contributed by atoms with E-state index in [1.165, 1.54) is 24.5 Å². The zero-order valence-electron chi connectivity index (χ0n) is 14.9. The summed E-state index contributed by atoms with van der Waals surface area (Å²) in [7, 11) is 0. The monoisotopic (exact) mass is 370 g/mol. The van der Waals surface area contributed by atoms with Crippen LogP contribution >= 0.6 is 0 Å². The number of rotatable bonds is 5. The fraction of sp³-hybridized carbons (Fsp3) is 0.211. The fourth-order valence-corrected chi connectivity index (χ4v) is 2.76. The van der Waals surface area contributed by atoms with Crippen LogP contribution in [0.4, 0.5) is 10.1 Å². The van der Waals surface area contributed by atoms with Crippen molar-refractivity contribution in [3.63, 3.8) is 0 Å². The zero-order valence-corrected chi connectivity index (χ0v) is 14.9. The minimum atomic E-state index is -0.952. The molecule has 27 heavy (non-hydrogen) atoms. The first kappa shape index (κ1) is 18.4. The molecule has 0 aliphatic heterocycles. The number of halogens is 1. The summed E-state index contributed by atoms with van der Waals surface area (Å²) in [5.41, 5.74) is 1.66. The van der Waals surface area contributed by atoms with Crippen LogP contribution in [0.1, 0.15) is 23.2 Å². The third-order valence-corrected chi connectivity index (χ3v) is 4.00. The van der Waals surface area contributed by atoms with E-state index in [0.29, 0.717) is 5.76 Å². The molecule has 0 spiro atoms. The third kappa shape index (κ3) is 4.22. The van der Waals surface area contributed by atoms with Crippen molar-refractivity contribution in [3.8, 4) is 0 Å². The molecule has 0 aliphatic carbocycles. The van der Waals surface area contributed by atoms with Crippen LogP contribution in [-0.4, -0.2) is 28.1 Å². The van der Waals surface area contributed by atoms with E-state index < -0.39 is 23.7 Å². The van der Waals surface area contributed by atoms with Crippen LogP contribution < -0.4 is 10.6 Å². The number of aromatic nitrogens is 2. The van der Waals surface area contributed by atoms with Crippen molar-refractivity contribution in [1.29, 1.82) is 0 Å². The quantitative estimate of drug-likeness (QED) is 0.676. The van der Waals surface area contributed by atoms with E-state index in [1.807, 2.05) is 19.9 Å². The summed E-state index contributed by atoms with van der Waals surface area (Å²) >= 11 is 0. The van der Waals surface area contributed by atoms with Crippen molar-refractivity contribution in [2.24, 2.45) is 0 Å². The van der Waals surface area contributed by atoms with Crippen molar-refractivity contribution in [1.82, 2.24) is 15.1 Å². The SMILES string of the molecule is Cc1cc(C)n(C(CNC(=O)C(=O)Nc2ccccc2F)c2ccco2)n1. The van der Waals surface area contributed by atoms with Gasteiger partial charge in [0.05, 0.1) is 17.6 Å². The number of aryl methyl sites for hydroxylation is 2. The molecule has 3 rings (SSSR count). The summed E-state index contributed by atoms with van der Waals surface area (Å²) in [5, 5.41) is 9.23. The molecule has 1 aromatic carbocycles. The van der Waals surface area contributed by atoms with Crippen molar-refractivity contribution < 1.29 is 18.4 Å². The minimum absolute atomic E-state index is 0.0567. The van der Waals surface area contributed by atoms with Gasteiger partial charge in [-0.25, -0.2) is 4.39 Å². The predicted molar refractivity (Wildman–Crippen MR) is 96.6 cm³/mol. The van der Waals surface area contributed by atoms with Crippen LogP contribution in [0, 0.1) is 19.7 Å². The smallest absolute Gasteiger partial charge is 0.313 e. The summed E-state index contributed by atoms with van der Waals surface area (Å²) in [6.07, 6.45) is 1.53. The summed E-state index contributed by atoms with van der Waals surface area (Å²) in [6, 6.07) is 10.6. The lowest BCUT2D eigenvalue weighted by Crippen LogP contribution is -2.39. The van der Waals surface area contributed by atoms with Crippen LogP contribution in [0.3, 0.4) is 0 Å². The maximum absolute atomic E-state index is 13.6. The largest absolute Gasteiger partial charge is 0.467 e. The Morgan fingerprint density at radius 3 is 2.59 bits per heavy atom. The Hall–Kier alpha value is -3.42. The number of nitrogens with zero attached hydrogens (tertiary/aromatic N) is 2. The molecule has 0 aliphatic rings. The van der Waals surface area contributed by atoms with E-state index in [9.17, 15) is 14.0 Å². The normalized spacial score (nSPS) is 11.8. The number of carbonyl (C=O) groups excluding carboxylic acids is 2. The van der Waals surface area contributed by atoms with Gasteiger partial charge in [-0.05, 0) is 44.2 Å². The van der Waals surface area contributed by atoms with Gasteiger partial charge in [0, 0.05) is 12.2 Å². The molecule has 0 bridgehead atoms. The average Bonchev–Trinajstić information content (AvgIpc) is 3.27. The van der Waals surface area contributed by atoms with E-state index in [-0.39, 0.29) is 12.2 Å². The number of anilines is 1. The molecule has 7 nitrogen and oxygen atoms in total. The van der Waals surface area contributed by atoms with Crippen LogP contribution in [0.5, 0.6) is 0 Å². The summed E-state index contributed by atoms with van der Waals surface area (Å²) in [4.78, 5) is 24.2. The predicted octanol–water partition coefficient (Wildman–Crippen LogP) is 2.58. The van der Waals surface area contributed by atoms with Gasteiger partial charge in [0.2, 0.25) is 0 Å². The molecule has 2 heterocycles. The number of amides is 2. The molecule has 3 aromatic rings. The summed E-state index contributed by atoms with van der Waals surface area (Å²) in [6.45, 7) is 3.84. The van der Waals surface area contributed by atoms with E-state index >= 15 is 0 Å². The van der Waals surface area contributed by atoms with Crippen molar-refractivity contribution in [3.05, 3.63) is 71.7 Å². The highest BCUT2D eigenvalue weighted by Crippen LogP contribution is 2.20. The first-order chi connectivity index (χ1) is 13.0. The Kier molecular flexibility index (Phi) is 5.35.